The monoisotopic (exact) mass is 242 g/mol. The number of nitrogens with two attached hydrogens (primary N) is 1. The van der Waals surface area contributed by atoms with Crippen LogP contribution in [0.2, 0.25) is 0 Å². The zero-order valence-corrected chi connectivity index (χ0v) is 10.6. The van der Waals surface area contributed by atoms with E-state index in [9.17, 15) is 0 Å². The van der Waals surface area contributed by atoms with Crippen molar-refractivity contribution in [3.05, 3.63) is 42.1 Å². The lowest BCUT2D eigenvalue weighted by atomic mass is 10.1. The number of aryl methyl sites for hydroxylation is 1. The Balaban J connectivity index is 2.37. The van der Waals surface area contributed by atoms with E-state index in [1.165, 1.54) is 0 Å². The van der Waals surface area contributed by atoms with Gasteiger partial charge < -0.3 is 11.1 Å². The van der Waals surface area contributed by atoms with Crippen molar-refractivity contribution >= 4 is 5.95 Å². The van der Waals surface area contributed by atoms with Crippen LogP contribution in [-0.2, 0) is 6.42 Å². The van der Waals surface area contributed by atoms with Crippen LogP contribution in [0.3, 0.4) is 0 Å². The summed E-state index contributed by atoms with van der Waals surface area (Å²) in [5, 5.41) is 3.11. The minimum absolute atomic E-state index is 0.569. The quantitative estimate of drug-likeness (QED) is 0.842. The Morgan fingerprint density at radius 2 is 2.00 bits per heavy atom. The van der Waals surface area contributed by atoms with Gasteiger partial charge in [-0.25, -0.2) is 9.97 Å². The van der Waals surface area contributed by atoms with Crippen LogP contribution in [0.15, 0.2) is 36.5 Å². The minimum Gasteiger partial charge on any atom is -0.353 e. The fourth-order valence-corrected chi connectivity index (χ4v) is 1.78. The van der Waals surface area contributed by atoms with E-state index in [0.717, 1.165) is 23.2 Å². The van der Waals surface area contributed by atoms with Crippen LogP contribution in [0.5, 0.6) is 0 Å². The number of aromatic nitrogens is 2. The van der Waals surface area contributed by atoms with Gasteiger partial charge in [0.25, 0.3) is 0 Å². The first kappa shape index (κ1) is 12.5. The van der Waals surface area contributed by atoms with E-state index in [0.29, 0.717) is 19.0 Å². The van der Waals surface area contributed by atoms with Gasteiger partial charge in [0.1, 0.15) is 0 Å². The number of hydrogen-bond donors (Lipinski definition) is 2. The topological polar surface area (TPSA) is 63.8 Å². The average Bonchev–Trinajstić information content (AvgIpc) is 2.45. The van der Waals surface area contributed by atoms with Gasteiger partial charge >= 0.3 is 0 Å². The highest BCUT2D eigenvalue weighted by Gasteiger charge is 2.07. The molecule has 1 aromatic heterocycles. The van der Waals surface area contributed by atoms with E-state index in [1.54, 1.807) is 0 Å². The molecule has 0 spiro atoms. The van der Waals surface area contributed by atoms with Crippen molar-refractivity contribution in [3.63, 3.8) is 0 Å². The summed E-state index contributed by atoms with van der Waals surface area (Å²) >= 11 is 0. The Hall–Kier alpha value is -1.94. The zero-order valence-electron chi connectivity index (χ0n) is 10.6. The second-order valence-electron chi connectivity index (χ2n) is 4.00. The zero-order chi connectivity index (χ0) is 12.8. The molecule has 0 aliphatic heterocycles. The van der Waals surface area contributed by atoms with Crippen LogP contribution in [0.4, 0.5) is 5.95 Å². The standard InChI is InChI=1S/C14H18N4/c1-2-11-10-17-14(16-9-8-15)18-13(11)12-6-4-3-5-7-12/h3-7,10H,2,8-9,15H2,1H3,(H,16,17,18). The molecule has 94 valence electrons. The lowest BCUT2D eigenvalue weighted by molar-refractivity contribution is 0.977. The molecule has 0 bridgehead atoms. The van der Waals surface area contributed by atoms with Crippen molar-refractivity contribution in [2.24, 2.45) is 5.73 Å². The molecule has 0 fully saturated rings. The van der Waals surface area contributed by atoms with E-state index < -0.39 is 0 Å². The molecule has 0 saturated heterocycles. The third kappa shape index (κ3) is 2.84. The Bertz CT molecular complexity index is 496. The second kappa shape index (κ2) is 6.12. The summed E-state index contributed by atoms with van der Waals surface area (Å²) in [5.41, 5.74) is 8.73. The molecular weight excluding hydrogens is 224 g/mol. The molecule has 0 atom stereocenters. The van der Waals surface area contributed by atoms with Gasteiger partial charge in [0.2, 0.25) is 5.95 Å². The van der Waals surface area contributed by atoms with Crippen molar-refractivity contribution in [1.82, 2.24) is 9.97 Å². The summed E-state index contributed by atoms with van der Waals surface area (Å²) in [6.45, 7) is 3.36. The lowest BCUT2D eigenvalue weighted by Crippen LogP contribution is -2.15. The molecule has 0 unspecified atom stereocenters. The summed E-state index contributed by atoms with van der Waals surface area (Å²) < 4.78 is 0. The number of hydrogen-bond acceptors (Lipinski definition) is 4. The van der Waals surface area contributed by atoms with Crippen molar-refractivity contribution < 1.29 is 0 Å². The summed E-state index contributed by atoms with van der Waals surface area (Å²) in [6.07, 6.45) is 2.80. The van der Waals surface area contributed by atoms with Crippen molar-refractivity contribution in [1.29, 1.82) is 0 Å². The first-order valence-corrected chi connectivity index (χ1v) is 6.20. The van der Waals surface area contributed by atoms with E-state index in [-0.39, 0.29) is 0 Å². The predicted octanol–water partition coefficient (Wildman–Crippen LogP) is 2.08. The van der Waals surface area contributed by atoms with Gasteiger partial charge in [-0.1, -0.05) is 37.3 Å². The summed E-state index contributed by atoms with van der Waals surface area (Å²) in [4.78, 5) is 8.87. The largest absolute Gasteiger partial charge is 0.353 e. The summed E-state index contributed by atoms with van der Waals surface area (Å²) in [7, 11) is 0. The second-order valence-corrected chi connectivity index (χ2v) is 4.00. The maximum Gasteiger partial charge on any atom is 0.223 e. The number of nitrogens with one attached hydrogen (secondary N) is 1. The fraction of sp³-hybridized carbons (Fsp3) is 0.286. The SMILES string of the molecule is CCc1cnc(NCCN)nc1-c1ccccc1. The number of benzene rings is 1. The average molecular weight is 242 g/mol. The van der Waals surface area contributed by atoms with Gasteiger partial charge in [-0.3, -0.25) is 0 Å². The molecule has 0 radical (unpaired) electrons. The molecule has 18 heavy (non-hydrogen) atoms. The predicted molar refractivity (Wildman–Crippen MR) is 74.4 cm³/mol. The van der Waals surface area contributed by atoms with Gasteiger partial charge in [0.15, 0.2) is 0 Å². The maximum absolute atomic E-state index is 5.46. The lowest BCUT2D eigenvalue weighted by Gasteiger charge is -2.09. The van der Waals surface area contributed by atoms with Crippen molar-refractivity contribution in [3.8, 4) is 11.3 Å². The Labute approximate surface area is 107 Å². The van der Waals surface area contributed by atoms with E-state index in [4.69, 9.17) is 5.73 Å². The Kier molecular flexibility index (Phi) is 4.25. The fourth-order valence-electron chi connectivity index (χ4n) is 1.78. The van der Waals surface area contributed by atoms with Crippen molar-refractivity contribution in [2.45, 2.75) is 13.3 Å². The van der Waals surface area contributed by atoms with Crippen LogP contribution in [0.1, 0.15) is 12.5 Å². The molecule has 2 aromatic rings. The molecular formula is C14H18N4. The normalized spacial score (nSPS) is 10.3. The van der Waals surface area contributed by atoms with Gasteiger partial charge in [-0.15, -0.1) is 0 Å². The van der Waals surface area contributed by atoms with E-state index in [1.807, 2.05) is 24.4 Å². The molecule has 4 nitrogen and oxygen atoms in total. The van der Waals surface area contributed by atoms with Gasteiger partial charge in [-0.05, 0) is 12.0 Å². The first-order chi connectivity index (χ1) is 8.85. The highest BCUT2D eigenvalue weighted by molar-refractivity contribution is 5.63. The third-order valence-electron chi connectivity index (χ3n) is 2.72. The molecule has 1 heterocycles. The molecule has 0 aliphatic carbocycles. The van der Waals surface area contributed by atoms with Crippen LogP contribution in [0, 0.1) is 0 Å². The molecule has 2 rings (SSSR count). The van der Waals surface area contributed by atoms with Gasteiger partial charge in [0.05, 0.1) is 5.69 Å². The highest BCUT2D eigenvalue weighted by atomic mass is 15.1. The number of rotatable bonds is 5. The molecule has 0 amide bonds. The Morgan fingerprint density at radius 3 is 2.67 bits per heavy atom. The maximum atomic E-state index is 5.46. The van der Waals surface area contributed by atoms with Crippen molar-refractivity contribution in [2.75, 3.05) is 18.4 Å². The van der Waals surface area contributed by atoms with E-state index >= 15 is 0 Å². The Morgan fingerprint density at radius 1 is 1.22 bits per heavy atom. The van der Waals surface area contributed by atoms with Crippen LogP contribution in [-0.4, -0.2) is 23.1 Å². The molecule has 0 aliphatic rings. The highest BCUT2D eigenvalue weighted by Crippen LogP contribution is 2.22. The van der Waals surface area contributed by atoms with E-state index in [2.05, 4.69) is 34.3 Å². The molecule has 0 saturated carbocycles. The molecule has 3 N–H and O–H groups in total. The van der Waals surface area contributed by atoms with Gasteiger partial charge in [0, 0.05) is 24.8 Å². The van der Waals surface area contributed by atoms with Gasteiger partial charge in [-0.2, -0.15) is 0 Å². The molecule has 1 aromatic carbocycles. The van der Waals surface area contributed by atoms with Crippen LogP contribution < -0.4 is 11.1 Å². The number of anilines is 1. The smallest absolute Gasteiger partial charge is 0.223 e. The van der Waals surface area contributed by atoms with Crippen LogP contribution in [0.25, 0.3) is 11.3 Å². The minimum atomic E-state index is 0.569. The first-order valence-electron chi connectivity index (χ1n) is 6.20. The number of nitrogens with zero attached hydrogens (tertiary/aromatic N) is 2. The summed E-state index contributed by atoms with van der Waals surface area (Å²) in [5.74, 6) is 0.636. The summed E-state index contributed by atoms with van der Waals surface area (Å²) in [6, 6.07) is 10.2. The molecule has 4 heteroatoms. The third-order valence-corrected chi connectivity index (χ3v) is 2.72. The van der Waals surface area contributed by atoms with Crippen LogP contribution >= 0.6 is 0 Å².